The molecule has 5 N–H and O–H groups in total. The summed E-state index contributed by atoms with van der Waals surface area (Å²) in [6.07, 6.45) is 0.234. The van der Waals surface area contributed by atoms with Crippen LogP contribution >= 0.6 is 0 Å². The van der Waals surface area contributed by atoms with E-state index in [2.05, 4.69) is 10.6 Å². The van der Waals surface area contributed by atoms with Crippen molar-refractivity contribution in [1.29, 1.82) is 0 Å². The van der Waals surface area contributed by atoms with Crippen LogP contribution in [0.1, 0.15) is 13.8 Å². The fourth-order valence-corrected chi connectivity index (χ4v) is 0.865. The van der Waals surface area contributed by atoms with Crippen LogP contribution in [0, 0.1) is 0 Å². The molecule has 0 heterocycles. The van der Waals surface area contributed by atoms with Crippen molar-refractivity contribution >= 4 is 5.91 Å². The topological polar surface area (TPSA) is 102 Å². The quantitative estimate of drug-likeness (QED) is 0.345. The Morgan fingerprint density at radius 1 is 1.20 bits per heavy atom. The van der Waals surface area contributed by atoms with Crippen LogP contribution in [-0.4, -0.2) is 60.2 Å². The van der Waals surface area contributed by atoms with Crippen LogP contribution in [-0.2, 0) is 4.79 Å². The van der Waals surface area contributed by atoms with Crippen LogP contribution in [0.15, 0.2) is 0 Å². The van der Waals surface area contributed by atoms with Crippen LogP contribution in [0.2, 0.25) is 0 Å². The summed E-state index contributed by atoms with van der Waals surface area (Å²) in [5, 5.41) is 31.9. The Balaban J connectivity index is 0. The first kappa shape index (κ1) is 16.7. The van der Waals surface area contributed by atoms with E-state index in [1.165, 1.54) is 0 Å². The second-order valence-corrected chi connectivity index (χ2v) is 3.16. The summed E-state index contributed by atoms with van der Waals surface area (Å²) in [5.74, 6) is -0.323. The summed E-state index contributed by atoms with van der Waals surface area (Å²) >= 11 is 0. The van der Waals surface area contributed by atoms with E-state index in [0.717, 1.165) is 0 Å². The van der Waals surface area contributed by atoms with Gasteiger partial charge in [0.05, 0.1) is 19.8 Å². The minimum Gasteiger partial charge on any atom is -0.394 e. The molecule has 0 aliphatic rings. The molecule has 6 nitrogen and oxygen atoms in total. The van der Waals surface area contributed by atoms with Gasteiger partial charge < -0.3 is 26.0 Å². The summed E-state index contributed by atoms with van der Waals surface area (Å²) in [4.78, 5) is 11.2. The predicted molar refractivity (Wildman–Crippen MR) is 57.4 cm³/mol. The first-order valence-electron chi connectivity index (χ1n) is 4.42. The number of aliphatic hydroxyl groups excluding tert-OH is 3. The van der Waals surface area contributed by atoms with Gasteiger partial charge in [-0.05, 0) is 7.05 Å². The minimum atomic E-state index is -1.31. The number of carbonyl (C=O) groups is 1. The number of hydrogen-bond acceptors (Lipinski definition) is 5. The van der Waals surface area contributed by atoms with E-state index in [1.807, 2.05) is 0 Å². The van der Waals surface area contributed by atoms with Crippen LogP contribution in [0.3, 0.4) is 0 Å². The van der Waals surface area contributed by atoms with E-state index in [9.17, 15) is 4.79 Å². The lowest BCUT2D eigenvalue weighted by molar-refractivity contribution is -0.125. The zero-order valence-corrected chi connectivity index (χ0v) is 8.29. The Hall–Kier alpha value is -0.690. The third-order valence-corrected chi connectivity index (χ3v) is 1.91. The molecule has 0 radical (unpaired) electrons. The highest BCUT2D eigenvalue weighted by Crippen LogP contribution is 2.01. The molecule has 6 heteroatoms. The molecule has 0 rings (SSSR count). The predicted octanol–water partition coefficient (Wildman–Crippen LogP) is -1.94. The van der Waals surface area contributed by atoms with Gasteiger partial charge in [0.25, 0.3) is 0 Å². The molecule has 0 aliphatic carbocycles. The Morgan fingerprint density at radius 2 is 1.67 bits per heavy atom. The smallest absolute Gasteiger partial charge is 0.221 e. The highest BCUT2D eigenvalue weighted by molar-refractivity contribution is 5.77. The molecule has 15 heavy (non-hydrogen) atoms. The fourth-order valence-electron chi connectivity index (χ4n) is 0.865. The Bertz CT molecular complexity index is 163. The van der Waals surface area contributed by atoms with Gasteiger partial charge in [-0.2, -0.15) is 0 Å². The zero-order valence-electron chi connectivity index (χ0n) is 8.29. The summed E-state index contributed by atoms with van der Waals surface area (Å²) < 4.78 is 0. The number of carbonyl (C=O) groups excluding carboxylic acids is 1. The lowest BCUT2D eigenvalue weighted by Gasteiger charge is -2.28. The standard InChI is InChI=1S/C8H18N2O4.CH4/c1-9-3-2-7(14)10-8(4-11,5-12)6-13;/h9,11-13H,2-6H2,1H3,(H,10,14);1H4. The lowest BCUT2D eigenvalue weighted by atomic mass is 10.0. The van der Waals surface area contributed by atoms with Gasteiger partial charge in [-0.15, -0.1) is 0 Å². The van der Waals surface area contributed by atoms with Crippen molar-refractivity contribution in [1.82, 2.24) is 10.6 Å². The maximum atomic E-state index is 11.2. The molecule has 0 bridgehead atoms. The largest absolute Gasteiger partial charge is 0.394 e. The Labute approximate surface area is 90.3 Å². The highest BCUT2D eigenvalue weighted by Gasteiger charge is 2.29. The SMILES string of the molecule is C.CNCCC(=O)NC(CO)(CO)CO. The third-order valence-electron chi connectivity index (χ3n) is 1.91. The van der Waals surface area contributed by atoms with E-state index < -0.39 is 25.4 Å². The average molecular weight is 222 g/mol. The number of nitrogens with one attached hydrogen (secondary N) is 2. The van der Waals surface area contributed by atoms with E-state index >= 15 is 0 Å². The van der Waals surface area contributed by atoms with Gasteiger partial charge >= 0.3 is 0 Å². The van der Waals surface area contributed by atoms with Gasteiger partial charge in [0.2, 0.25) is 5.91 Å². The molecule has 0 aliphatic heterocycles. The highest BCUT2D eigenvalue weighted by atomic mass is 16.3. The monoisotopic (exact) mass is 222 g/mol. The van der Waals surface area contributed by atoms with Gasteiger partial charge in [0.1, 0.15) is 5.54 Å². The van der Waals surface area contributed by atoms with Crippen LogP contribution < -0.4 is 10.6 Å². The van der Waals surface area contributed by atoms with Crippen molar-refractivity contribution in [2.24, 2.45) is 0 Å². The van der Waals surface area contributed by atoms with Crippen molar-refractivity contribution in [3.63, 3.8) is 0 Å². The fraction of sp³-hybridized carbons (Fsp3) is 0.889. The number of amides is 1. The summed E-state index contributed by atoms with van der Waals surface area (Å²) in [7, 11) is 1.71. The Morgan fingerprint density at radius 3 is 2.00 bits per heavy atom. The molecule has 0 aromatic heterocycles. The molecule has 1 amide bonds. The van der Waals surface area contributed by atoms with Crippen molar-refractivity contribution in [2.75, 3.05) is 33.4 Å². The molecule has 92 valence electrons. The lowest BCUT2D eigenvalue weighted by Crippen LogP contribution is -2.57. The van der Waals surface area contributed by atoms with Gasteiger partial charge in [-0.25, -0.2) is 0 Å². The maximum Gasteiger partial charge on any atom is 0.221 e. The van der Waals surface area contributed by atoms with Crippen molar-refractivity contribution in [2.45, 2.75) is 19.4 Å². The van der Waals surface area contributed by atoms with E-state index in [4.69, 9.17) is 15.3 Å². The van der Waals surface area contributed by atoms with Crippen LogP contribution in [0.4, 0.5) is 0 Å². The Kier molecular flexibility index (Phi) is 9.60. The molecule has 0 aromatic carbocycles. The normalized spacial score (nSPS) is 10.7. The molecule has 0 saturated carbocycles. The van der Waals surface area contributed by atoms with E-state index in [0.29, 0.717) is 6.54 Å². The first-order chi connectivity index (χ1) is 6.64. The van der Waals surface area contributed by atoms with Gasteiger partial charge in [0.15, 0.2) is 0 Å². The molecule has 0 saturated heterocycles. The number of rotatable bonds is 7. The zero-order chi connectivity index (χ0) is 11.0. The van der Waals surface area contributed by atoms with Crippen molar-refractivity contribution in [3.05, 3.63) is 0 Å². The molecular formula is C9H22N2O4. The maximum absolute atomic E-state index is 11.2. The van der Waals surface area contributed by atoms with Gasteiger partial charge in [-0.1, -0.05) is 7.43 Å². The van der Waals surface area contributed by atoms with E-state index in [-0.39, 0.29) is 19.8 Å². The summed E-state index contributed by atoms with van der Waals surface area (Å²) in [5.41, 5.74) is -1.31. The first-order valence-corrected chi connectivity index (χ1v) is 4.42. The summed E-state index contributed by atoms with van der Waals surface area (Å²) in [6, 6.07) is 0. The molecule has 0 aromatic rings. The average Bonchev–Trinajstić information content (AvgIpc) is 2.23. The molecule has 0 fully saturated rings. The van der Waals surface area contributed by atoms with Crippen LogP contribution in [0.5, 0.6) is 0 Å². The molecular weight excluding hydrogens is 200 g/mol. The van der Waals surface area contributed by atoms with E-state index in [1.54, 1.807) is 7.05 Å². The molecule has 0 unspecified atom stereocenters. The van der Waals surface area contributed by atoms with Crippen LogP contribution in [0.25, 0.3) is 0 Å². The molecule has 0 spiro atoms. The number of hydrogen-bond donors (Lipinski definition) is 5. The number of aliphatic hydroxyl groups is 3. The second-order valence-electron chi connectivity index (χ2n) is 3.16. The van der Waals surface area contributed by atoms with Crippen molar-refractivity contribution in [3.8, 4) is 0 Å². The molecule has 0 atom stereocenters. The van der Waals surface area contributed by atoms with Gasteiger partial charge in [-0.3, -0.25) is 4.79 Å². The van der Waals surface area contributed by atoms with Crippen molar-refractivity contribution < 1.29 is 20.1 Å². The minimum absolute atomic E-state index is 0. The second kappa shape index (κ2) is 8.60. The third kappa shape index (κ3) is 5.68. The summed E-state index contributed by atoms with van der Waals surface area (Å²) in [6.45, 7) is -0.980. The van der Waals surface area contributed by atoms with Gasteiger partial charge in [0, 0.05) is 13.0 Å².